The van der Waals surface area contributed by atoms with E-state index >= 15 is 0 Å². The molecule has 3 rings (SSSR count). The van der Waals surface area contributed by atoms with Crippen LogP contribution in [0.4, 0.5) is 0 Å². The molecule has 0 aliphatic carbocycles. The number of fused-ring (bicyclic) bond motifs is 2. The molecule has 0 unspecified atom stereocenters. The molecule has 0 amide bonds. The normalized spacial score (nSPS) is 24.7. The Bertz CT molecular complexity index is 683. The molecule has 2 saturated heterocycles. The second-order valence-electron chi connectivity index (χ2n) is 6.47. The molecule has 6 nitrogen and oxygen atoms in total. The average molecular weight is 344 g/mol. The third-order valence-corrected chi connectivity index (χ3v) is 5.01. The van der Waals surface area contributed by atoms with E-state index < -0.39 is 5.97 Å². The number of methoxy groups -OCH3 is 2. The first-order chi connectivity index (χ1) is 12.1. The molecule has 2 bridgehead atoms. The Morgan fingerprint density at radius 3 is 2.48 bits per heavy atom. The van der Waals surface area contributed by atoms with Crippen molar-refractivity contribution < 1.29 is 19.1 Å². The lowest BCUT2D eigenvalue weighted by Gasteiger charge is -2.31. The molecule has 2 fully saturated rings. The summed E-state index contributed by atoms with van der Waals surface area (Å²) in [6, 6.07) is 6.50. The van der Waals surface area contributed by atoms with Crippen LogP contribution in [-0.4, -0.2) is 49.9 Å². The monoisotopic (exact) mass is 344 g/mol. The van der Waals surface area contributed by atoms with Gasteiger partial charge in [0.1, 0.15) is 0 Å². The molecule has 0 aromatic heterocycles. The molecule has 1 aromatic rings. The van der Waals surface area contributed by atoms with Crippen LogP contribution < -0.4 is 9.47 Å². The number of oxime groups is 1. The van der Waals surface area contributed by atoms with E-state index in [9.17, 15) is 4.79 Å². The number of nitrogens with zero attached hydrogens (tertiary/aromatic N) is 2. The molecule has 2 heterocycles. The van der Waals surface area contributed by atoms with Gasteiger partial charge < -0.3 is 14.3 Å². The van der Waals surface area contributed by atoms with Crippen LogP contribution in [0.25, 0.3) is 6.08 Å². The van der Waals surface area contributed by atoms with E-state index in [0.717, 1.165) is 24.1 Å². The number of rotatable bonds is 5. The Labute approximate surface area is 148 Å². The summed E-state index contributed by atoms with van der Waals surface area (Å²) >= 11 is 0. The van der Waals surface area contributed by atoms with Crippen molar-refractivity contribution in [2.24, 2.45) is 5.16 Å². The van der Waals surface area contributed by atoms with Crippen molar-refractivity contribution in [1.29, 1.82) is 0 Å². The fourth-order valence-electron chi connectivity index (χ4n) is 3.54. The standard InChI is InChI=1S/C19H24N2O4/c1-21-15-6-7-16(21)12-14(11-15)20-25-19(22)9-5-13-4-8-17(23-2)18(10-13)24-3/h4-5,8-10,15-16H,6-7,11-12H2,1-3H3/b9-5+,20-14?/t15-,16+. The average Bonchev–Trinajstić information content (AvgIpc) is 2.85. The van der Waals surface area contributed by atoms with Crippen LogP contribution in [-0.2, 0) is 9.63 Å². The van der Waals surface area contributed by atoms with E-state index in [2.05, 4.69) is 17.1 Å². The molecule has 1 aromatic carbocycles. The Balaban J connectivity index is 1.57. The van der Waals surface area contributed by atoms with Gasteiger partial charge in [0.05, 0.1) is 19.9 Å². The van der Waals surface area contributed by atoms with E-state index in [1.807, 2.05) is 6.07 Å². The van der Waals surface area contributed by atoms with E-state index in [0.29, 0.717) is 23.6 Å². The first-order valence-corrected chi connectivity index (χ1v) is 8.49. The van der Waals surface area contributed by atoms with Crippen molar-refractivity contribution in [1.82, 2.24) is 4.90 Å². The molecular formula is C19H24N2O4. The molecular weight excluding hydrogens is 320 g/mol. The molecule has 0 radical (unpaired) electrons. The second kappa shape index (κ2) is 7.70. The lowest BCUT2D eigenvalue weighted by molar-refractivity contribution is -0.137. The Morgan fingerprint density at radius 1 is 1.16 bits per heavy atom. The number of benzene rings is 1. The number of hydrogen-bond acceptors (Lipinski definition) is 6. The quantitative estimate of drug-likeness (QED) is 0.467. The van der Waals surface area contributed by atoms with Crippen LogP contribution in [0.3, 0.4) is 0 Å². The Kier molecular flexibility index (Phi) is 5.38. The van der Waals surface area contributed by atoms with Crippen LogP contribution in [0.2, 0.25) is 0 Å². The van der Waals surface area contributed by atoms with Gasteiger partial charge in [0.15, 0.2) is 11.5 Å². The molecule has 134 valence electrons. The van der Waals surface area contributed by atoms with Gasteiger partial charge in [-0.15, -0.1) is 0 Å². The van der Waals surface area contributed by atoms with Crippen molar-refractivity contribution in [3.05, 3.63) is 29.8 Å². The second-order valence-corrected chi connectivity index (χ2v) is 6.47. The van der Waals surface area contributed by atoms with E-state index in [4.69, 9.17) is 14.3 Å². The zero-order valence-corrected chi connectivity index (χ0v) is 14.9. The minimum absolute atomic E-state index is 0.478. The molecule has 6 heteroatoms. The van der Waals surface area contributed by atoms with Gasteiger partial charge in [0.25, 0.3) is 0 Å². The maximum absolute atomic E-state index is 11.9. The molecule has 2 aliphatic heterocycles. The molecule has 0 N–H and O–H groups in total. The topological polar surface area (TPSA) is 60.4 Å². The third-order valence-electron chi connectivity index (χ3n) is 5.01. The Morgan fingerprint density at radius 2 is 1.84 bits per heavy atom. The minimum Gasteiger partial charge on any atom is -0.493 e. The maximum atomic E-state index is 11.9. The van der Waals surface area contributed by atoms with Gasteiger partial charge in [0.2, 0.25) is 0 Å². The van der Waals surface area contributed by atoms with E-state index in [1.54, 1.807) is 32.4 Å². The summed E-state index contributed by atoms with van der Waals surface area (Å²) in [5.41, 5.74) is 1.80. The first-order valence-electron chi connectivity index (χ1n) is 8.49. The number of hydrogen-bond donors (Lipinski definition) is 0. The smallest absolute Gasteiger partial charge is 0.358 e. The summed E-state index contributed by atoms with van der Waals surface area (Å²) in [6.45, 7) is 0. The summed E-state index contributed by atoms with van der Waals surface area (Å²) in [5, 5.41) is 4.08. The molecule has 2 aliphatic rings. The minimum atomic E-state index is -0.478. The Hall–Kier alpha value is -2.34. The van der Waals surface area contributed by atoms with E-state index in [1.165, 1.54) is 18.9 Å². The van der Waals surface area contributed by atoms with Gasteiger partial charge in [-0.2, -0.15) is 0 Å². The van der Waals surface area contributed by atoms with Gasteiger partial charge in [-0.05, 0) is 43.7 Å². The maximum Gasteiger partial charge on any atom is 0.358 e. The third kappa shape index (κ3) is 4.02. The fourth-order valence-corrected chi connectivity index (χ4v) is 3.54. The summed E-state index contributed by atoms with van der Waals surface area (Å²) in [7, 11) is 5.32. The molecule has 0 spiro atoms. The number of carbonyl (C=O) groups excluding carboxylic acids is 1. The van der Waals surface area contributed by atoms with Crippen LogP contribution >= 0.6 is 0 Å². The lowest BCUT2D eigenvalue weighted by atomic mass is 10.0. The van der Waals surface area contributed by atoms with Gasteiger partial charge >= 0.3 is 5.97 Å². The van der Waals surface area contributed by atoms with Gasteiger partial charge in [-0.25, -0.2) is 4.79 Å². The zero-order chi connectivity index (χ0) is 17.8. The van der Waals surface area contributed by atoms with Crippen LogP contribution in [0.5, 0.6) is 11.5 Å². The predicted octanol–water partition coefficient (Wildman–Crippen LogP) is 2.87. The highest BCUT2D eigenvalue weighted by Gasteiger charge is 2.36. The summed E-state index contributed by atoms with van der Waals surface area (Å²) in [4.78, 5) is 19.4. The summed E-state index contributed by atoms with van der Waals surface area (Å²) in [6.07, 6.45) is 7.22. The molecule has 2 atom stereocenters. The highest BCUT2D eigenvalue weighted by molar-refractivity contribution is 5.90. The number of piperidine rings is 1. The summed E-state index contributed by atoms with van der Waals surface area (Å²) < 4.78 is 10.4. The van der Waals surface area contributed by atoms with Crippen molar-refractivity contribution in [2.45, 2.75) is 37.8 Å². The van der Waals surface area contributed by atoms with E-state index in [-0.39, 0.29) is 0 Å². The molecule has 0 saturated carbocycles. The number of carbonyl (C=O) groups is 1. The van der Waals surface area contributed by atoms with Gasteiger partial charge in [-0.3, -0.25) is 4.90 Å². The fraction of sp³-hybridized carbons (Fsp3) is 0.474. The lowest BCUT2D eigenvalue weighted by Crippen LogP contribution is -2.40. The number of ether oxygens (including phenoxy) is 2. The highest BCUT2D eigenvalue weighted by Crippen LogP contribution is 2.32. The van der Waals surface area contributed by atoms with Crippen molar-refractivity contribution in [3.63, 3.8) is 0 Å². The van der Waals surface area contributed by atoms with Crippen LogP contribution in [0.1, 0.15) is 31.2 Å². The van der Waals surface area contributed by atoms with Crippen molar-refractivity contribution in [3.8, 4) is 11.5 Å². The van der Waals surface area contributed by atoms with Crippen molar-refractivity contribution >= 4 is 17.8 Å². The highest BCUT2D eigenvalue weighted by atomic mass is 16.7. The SMILES string of the molecule is COc1ccc(/C=C/C(=O)ON=C2C[C@H]3CC[C@@H](C2)N3C)cc1OC. The van der Waals surface area contributed by atoms with Crippen LogP contribution in [0, 0.1) is 0 Å². The zero-order valence-electron chi connectivity index (χ0n) is 14.9. The summed E-state index contributed by atoms with van der Waals surface area (Å²) in [5.74, 6) is 0.777. The van der Waals surface area contributed by atoms with Crippen LogP contribution in [0.15, 0.2) is 29.4 Å². The van der Waals surface area contributed by atoms with Gasteiger partial charge in [0, 0.05) is 31.0 Å². The van der Waals surface area contributed by atoms with Gasteiger partial charge in [-0.1, -0.05) is 11.2 Å². The largest absolute Gasteiger partial charge is 0.493 e. The molecule has 25 heavy (non-hydrogen) atoms. The predicted molar refractivity (Wildman–Crippen MR) is 95.9 cm³/mol. The first kappa shape index (κ1) is 17.5. The van der Waals surface area contributed by atoms with Crippen molar-refractivity contribution in [2.75, 3.05) is 21.3 Å².